The van der Waals surface area contributed by atoms with Crippen LogP contribution in [0.25, 0.3) is 0 Å². The minimum absolute atomic E-state index is 0.416. The zero-order valence-electron chi connectivity index (χ0n) is 29.3. The van der Waals surface area contributed by atoms with E-state index < -0.39 is 5.72 Å². The molecule has 9 nitrogen and oxygen atoms in total. The summed E-state index contributed by atoms with van der Waals surface area (Å²) in [6, 6.07) is 31.8. The van der Waals surface area contributed by atoms with Crippen LogP contribution in [0.2, 0.25) is 0 Å². The van der Waals surface area contributed by atoms with E-state index in [4.69, 9.17) is 14.2 Å². The first-order chi connectivity index (χ1) is 24.8. The predicted octanol–water partition coefficient (Wildman–Crippen LogP) is 5.57. The van der Waals surface area contributed by atoms with E-state index in [1.54, 1.807) is 0 Å². The molecule has 0 aliphatic carbocycles. The number of morpholine rings is 1. The molecule has 4 saturated heterocycles. The van der Waals surface area contributed by atoms with Crippen molar-refractivity contribution in [3.63, 3.8) is 0 Å². The Morgan fingerprint density at radius 2 is 1.18 bits per heavy atom. The summed E-state index contributed by atoms with van der Waals surface area (Å²) in [5.41, 5.74) is 3.51. The van der Waals surface area contributed by atoms with Crippen molar-refractivity contribution in [2.45, 2.75) is 44.4 Å². The molecule has 0 amide bonds. The third kappa shape index (κ3) is 6.60. The molecule has 0 aromatic heterocycles. The maximum absolute atomic E-state index is 7.68. The molecule has 4 fully saturated rings. The highest BCUT2D eigenvalue weighted by Gasteiger charge is 2.57. The van der Waals surface area contributed by atoms with E-state index in [-0.39, 0.29) is 0 Å². The summed E-state index contributed by atoms with van der Waals surface area (Å²) >= 11 is 0. The summed E-state index contributed by atoms with van der Waals surface area (Å²) in [6.07, 6.45) is 6.00. The van der Waals surface area contributed by atoms with E-state index in [1.165, 1.54) is 49.3 Å². The number of para-hydroxylation sites is 1. The number of likely N-dealkylation sites (tertiary alicyclic amines) is 2. The fourth-order valence-corrected chi connectivity index (χ4v) is 8.22. The normalized spacial score (nSPS) is 23.9. The maximum Gasteiger partial charge on any atom is 0.244 e. The molecule has 1 unspecified atom stereocenters. The molecule has 9 heteroatoms. The van der Waals surface area contributed by atoms with Crippen molar-refractivity contribution in [3.8, 4) is 5.75 Å². The number of nitrogens with zero attached hydrogens (tertiary/aromatic N) is 5. The van der Waals surface area contributed by atoms with E-state index in [0.29, 0.717) is 19.8 Å². The minimum Gasteiger partial charge on any atom is -0.454 e. The lowest BCUT2D eigenvalue weighted by Crippen LogP contribution is -2.65. The summed E-state index contributed by atoms with van der Waals surface area (Å²) in [5.74, 6) is 2.89. The van der Waals surface area contributed by atoms with Crippen molar-refractivity contribution >= 4 is 0 Å². The van der Waals surface area contributed by atoms with Gasteiger partial charge >= 0.3 is 0 Å². The first-order valence-corrected chi connectivity index (χ1v) is 18.9. The second-order valence-electron chi connectivity index (χ2n) is 13.9. The van der Waals surface area contributed by atoms with E-state index in [1.807, 2.05) is 0 Å². The fourth-order valence-electron chi connectivity index (χ4n) is 8.22. The monoisotopic (exact) mass is 676 g/mol. The first kappa shape index (κ1) is 33.1. The van der Waals surface area contributed by atoms with Crippen molar-refractivity contribution in [2.75, 3.05) is 78.7 Å². The Morgan fingerprint density at radius 3 is 1.86 bits per heavy atom. The summed E-state index contributed by atoms with van der Waals surface area (Å²) in [6.45, 7) is 11.0. The molecule has 0 spiro atoms. The van der Waals surface area contributed by atoms with Crippen LogP contribution in [0.1, 0.15) is 43.2 Å². The van der Waals surface area contributed by atoms with Crippen molar-refractivity contribution in [3.05, 3.63) is 125 Å². The van der Waals surface area contributed by atoms with Crippen LogP contribution in [-0.4, -0.2) is 103 Å². The molecule has 0 bridgehead atoms. The van der Waals surface area contributed by atoms with Crippen LogP contribution >= 0.6 is 0 Å². The van der Waals surface area contributed by atoms with Crippen LogP contribution in [0.15, 0.2) is 114 Å². The third-order valence-electron chi connectivity index (χ3n) is 10.7. The van der Waals surface area contributed by atoms with Crippen LogP contribution in [-0.2, 0) is 21.8 Å². The number of piperazine rings is 1. The van der Waals surface area contributed by atoms with Crippen LogP contribution < -0.4 is 10.1 Å². The number of rotatable bonds is 10. The van der Waals surface area contributed by atoms with Crippen LogP contribution in [0, 0.1) is 0 Å². The molecule has 0 saturated carbocycles. The van der Waals surface area contributed by atoms with Gasteiger partial charge in [-0.3, -0.25) is 0 Å². The molecule has 50 heavy (non-hydrogen) atoms. The quantitative estimate of drug-likeness (QED) is 0.297. The number of hydrogen-bond acceptors (Lipinski definition) is 9. The second kappa shape index (κ2) is 15.5. The van der Waals surface area contributed by atoms with E-state index in [2.05, 4.69) is 121 Å². The number of hydrogen-bond donors (Lipinski definition) is 1. The largest absolute Gasteiger partial charge is 0.454 e. The van der Waals surface area contributed by atoms with Gasteiger partial charge in [-0.15, -0.1) is 0 Å². The Balaban J connectivity index is 1.46. The summed E-state index contributed by atoms with van der Waals surface area (Å²) in [7, 11) is 0. The molecule has 1 atom stereocenters. The highest BCUT2D eigenvalue weighted by atomic mass is 16.6. The molecule has 3 aromatic carbocycles. The van der Waals surface area contributed by atoms with Crippen molar-refractivity contribution in [1.29, 1.82) is 0 Å². The van der Waals surface area contributed by atoms with Gasteiger partial charge in [-0.2, -0.15) is 0 Å². The molecular formula is C41H52N6O3. The smallest absolute Gasteiger partial charge is 0.244 e. The molecule has 3 aromatic rings. The van der Waals surface area contributed by atoms with E-state index in [0.717, 1.165) is 88.1 Å². The van der Waals surface area contributed by atoms with Crippen molar-refractivity contribution in [2.24, 2.45) is 0 Å². The number of hydrazine groups is 1. The van der Waals surface area contributed by atoms with Crippen LogP contribution in [0.5, 0.6) is 5.75 Å². The number of ether oxygens (including phenoxy) is 3. The lowest BCUT2D eigenvalue weighted by atomic mass is 9.91. The van der Waals surface area contributed by atoms with Gasteiger partial charge in [-0.1, -0.05) is 78.9 Å². The maximum atomic E-state index is 7.68. The average Bonchev–Trinajstić information content (AvgIpc) is 3.74. The van der Waals surface area contributed by atoms with Crippen molar-refractivity contribution in [1.82, 2.24) is 30.0 Å². The van der Waals surface area contributed by atoms with Crippen molar-refractivity contribution < 1.29 is 14.2 Å². The zero-order valence-corrected chi connectivity index (χ0v) is 29.3. The van der Waals surface area contributed by atoms with Gasteiger partial charge in [-0.05, 0) is 49.8 Å². The standard InChI is InChI=1S/C41H52N6O3/c1-5-15-34(16-6-1)33-49-41(35-17-7-2-8-18-35)39(50-36-19-9-3-10-20-36)37(44-27-21-42-22-28-44)38(43-23-11-4-12-24-43)40(45-25-13-14-26-45)47(41)46-29-31-48-32-30-46/h1-3,5-10,15-20,42H,4,11-14,21-33H2. The fraction of sp³-hybridized carbons (Fsp3) is 0.463. The molecule has 1 N–H and O–H groups in total. The topological polar surface area (TPSA) is 55.9 Å². The molecular weight excluding hydrogens is 624 g/mol. The highest BCUT2D eigenvalue weighted by Crippen LogP contribution is 2.52. The van der Waals surface area contributed by atoms with E-state index in [9.17, 15) is 0 Å². The average molecular weight is 677 g/mol. The summed E-state index contributed by atoms with van der Waals surface area (Å²) in [4.78, 5) is 7.93. The van der Waals surface area contributed by atoms with Crippen LogP contribution in [0.4, 0.5) is 0 Å². The SMILES string of the molecule is c1ccc(COC2(c3ccccc3)C(Oc3ccccc3)=C(N3CCNCC3)C(N3CCCCC3)=C(N3CCCC3)N2N2CCOCC2)cc1. The molecule has 8 rings (SSSR count). The first-order valence-electron chi connectivity index (χ1n) is 18.9. The number of piperidine rings is 1. The molecule has 0 radical (unpaired) electrons. The molecule has 264 valence electrons. The summed E-state index contributed by atoms with van der Waals surface area (Å²) < 4.78 is 21.2. The van der Waals surface area contributed by atoms with Gasteiger partial charge in [0.25, 0.3) is 0 Å². The highest BCUT2D eigenvalue weighted by molar-refractivity contribution is 5.48. The summed E-state index contributed by atoms with van der Waals surface area (Å²) in [5, 5.41) is 8.67. The number of nitrogens with one attached hydrogen (secondary N) is 1. The lowest BCUT2D eigenvalue weighted by molar-refractivity contribution is -0.252. The Labute approximate surface area is 297 Å². The van der Waals surface area contributed by atoms with Gasteiger partial charge in [0.1, 0.15) is 23.0 Å². The Kier molecular flexibility index (Phi) is 10.3. The van der Waals surface area contributed by atoms with Gasteiger partial charge in [0.2, 0.25) is 5.72 Å². The number of benzene rings is 3. The predicted molar refractivity (Wildman–Crippen MR) is 195 cm³/mol. The zero-order chi connectivity index (χ0) is 33.6. The molecule has 5 aliphatic rings. The van der Waals surface area contributed by atoms with Gasteiger partial charge in [0, 0.05) is 71.0 Å². The van der Waals surface area contributed by atoms with Gasteiger partial charge < -0.3 is 34.2 Å². The van der Waals surface area contributed by atoms with Gasteiger partial charge in [0.15, 0.2) is 5.76 Å². The van der Waals surface area contributed by atoms with Crippen LogP contribution in [0.3, 0.4) is 0 Å². The Hall–Kier alpha value is -4.02. The Morgan fingerprint density at radius 1 is 0.600 bits per heavy atom. The van der Waals surface area contributed by atoms with E-state index >= 15 is 0 Å². The van der Waals surface area contributed by atoms with Gasteiger partial charge in [-0.25, -0.2) is 10.0 Å². The molecule has 5 aliphatic heterocycles. The molecule has 5 heterocycles. The third-order valence-corrected chi connectivity index (χ3v) is 10.7. The minimum atomic E-state index is -1.12. The van der Waals surface area contributed by atoms with Gasteiger partial charge in [0.05, 0.1) is 19.8 Å². The lowest BCUT2D eigenvalue weighted by Gasteiger charge is -2.57. The second-order valence-corrected chi connectivity index (χ2v) is 13.9. The Bertz CT molecular complexity index is 1590.